The Hall–Kier alpha value is -1.43. The van der Waals surface area contributed by atoms with Crippen LogP contribution in [0.4, 0.5) is 0 Å². The number of amides is 1. The van der Waals surface area contributed by atoms with Crippen molar-refractivity contribution in [3.8, 4) is 0 Å². The quantitative estimate of drug-likeness (QED) is 0.861. The molecule has 1 amide bonds. The summed E-state index contributed by atoms with van der Waals surface area (Å²) >= 11 is 3.16. The lowest BCUT2D eigenvalue weighted by Crippen LogP contribution is -2.41. The molecule has 0 aliphatic carbocycles. The predicted octanol–water partition coefficient (Wildman–Crippen LogP) is 1.78. The van der Waals surface area contributed by atoms with Crippen molar-refractivity contribution < 1.29 is 14.7 Å². The Kier molecular flexibility index (Phi) is 4.62. The molecule has 17 heavy (non-hydrogen) atoms. The maximum absolute atomic E-state index is 12.0. The third kappa shape index (κ3) is 3.26. The summed E-state index contributed by atoms with van der Waals surface area (Å²) < 4.78 is 0.542. The second-order valence-electron chi connectivity index (χ2n) is 3.55. The smallest absolute Gasteiger partial charge is 0.326 e. The van der Waals surface area contributed by atoms with Crippen LogP contribution in [0.25, 0.3) is 0 Å². The van der Waals surface area contributed by atoms with E-state index in [2.05, 4.69) is 20.9 Å². The number of rotatable bonds is 4. The molecule has 0 radical (unpaired) electrons. The molecule has 0 saturated carbocycles. The summed E-state index contributed by atoms with van der Waals surface area (Å²) in [5, 5.41) is 8.98. The van der Waals surface area contributed by atoms with Gasteiger partial charge in [-0.05, 0) is 34.5 Å². The van der Waals surface area contributed by atoms with Crippen molar-refractivity contribution in [1.29, 1.82) is 0 Å². The Morgan fingerprint density at radius 2 is 2.24 bits per heavy atom. The van der Waals surface area contributed by atoms with Gasteiger partial charge in [0.2, 0.25) is 0 Å². The van der Waals surface area contributed by atoms with E-state index in [-0.39, 0.29) is 5.91 Å². The zero-order chi connectivity index (χ0) is 13.0. The lowest BCUT2D eigenvalue weighted by molar-refractivity contribution is -0.142. The molecule has 1 aromatic heterocycles. The molecule has 1 aromatic rings. The molecule has 1 atom stereocenters. The van der Waals surface area contributed by atoms with Crippen molar-refractivity contribution in [2.75, 3.05) is 7.05 Å². The van der Waals surface area contributed by atoms with Crippen LogP contribution in [0, 0.1) is 0 Å². The number of halogens is 1. The average molecular weight is 301 g/mol. The van der Waals surface area contributed by atoms with Crippen LogP contribution in [0.1, 0.15) is 23.7 Å². The van der Waals surface area contributed by atoms with E-state index in [1.165, 1.54) is 18.1 Å². The molecule has 0 aliphatic rings. The summed E-state index contributed by atoms with van der Waals surface area (Å²) in [6.45, 7) is 1.73. The van der Waals surface area contributed by atoms with Crippen LogP contribution in [0.3, 0.4) is 0 Å². The standard InChI is InChI=1S/C11H13BrN2O3/c1-3-8(11(16)17)14(2)10(15)7-4-5-13-9(12)6-7/h4-6,8H,3H2,1-2H3,(H,16,17). The van der Waals surface area contributed by atoms with Crippen LogP contribution in [-0.2, 0) is 4.79 Å². The average Bonchev–Trinajstić information content (AvgIpc) is 2.28. The van der Waals surface area contributed by atoms with Gasteiger partial charge >= 0.3 is 5.97 Å². The number of carboxylic acid groups (broad SMARTS) is 1. The number of hydrogen-bond donors (Lipinski definition) is 1. The van der Waals surface area contributed by atoms with E-state index in [1.807, 2.05) is 0 Å². The van der Waals surface area contributed by atoms with Crippen molar-refractivity contribution in [3.05, 3.63) is 28.5 Å². The van der Waals surface area contributed by atoms with Crippen molar-refractivity contribution in [1.82, 2.24) is 9.88 Å². The highest BCUT2D eigenvalue weighted by Gasteiger charge is 2.25. The van der Waals surface area contributed by atoms with Crippen LogP contribution in [-0.4, -0.2) is 40.0 Å². The highest BCUT2D eigenvalue weighted by atomic mass is 79.9. The van der Waals surface area contributed by atoms with E-state index in [9.17, 15) is 9.59 Å². The fourth-order valence-electron chi connectivity index (χ4n) is 1.49. The number of aromatic nitrogens is 1. The van der Waals surface area contributed by atoms with Crippen molar-refractivity contribution in [3.63, 3.8) is 0 Å². The Morgan fingerprint density at radius 1 is 1.59 bits per heavy atom. The first kappa shape index (κ1) is 13.6. The molecule has 0 bridgehead atoms. The number of nitrogens with zero attached hydrogens (tertiary/aromatic N) is 2. The van der Waals surface area contributed by atoms with Crippen molar-refractivity contribution in [2.24, 2.45) is 0 Å². The molecule has 0 fully saturated rings. The molecule has 0 saturated heterocycles. The van der Waals surface area contributed by atoms with Gasteiger partial charge in [0.15, 0.2) is 0 Å². The zero-order valence-corrected chi connectivity index (χ0v) is 11.1. The SMILES string of the molecule is CCC(C(=O)O)N(C)C(=O)c1ccnc(Br)c1. The number of pyridine rings is 1. The highest BCUT2D eigenvalue weighted by Crippen LogP contribution is 2.12. The van der Waals surface area contributed by atoms with E-state index >= 15 is 0 Å². The largest absolute Gasteiger partial charge is 0.480 e. The van der Waals surface area contributed by atoms with Gasteiger partial charge in [-0.3, -0.25) is 4.79 Å². The van der Waals surface area contributed by atoms with Gasteiger partial charge in [0.1, 0.15) is 10.6 Å². The minimum Gasteiger partial charge on any atom is -0.480 e. The summed E-state index contributed by atoms with van der Waals surface area (Å²) in [6, 6.07) is 2.31. The fraction of sp³-hybridized carbons (Fsp3) is 0.364. The molecule has 6 heteroatoms. The van der Waals surface area contributed by atoms with Gasteiger partial charge in [0.25, 0.3) is 5.91 Å². The minimum absolute atomic E-state index is 0.331. The molecular formula is C11H13BrN2O3. The first-order valence-corrected chi connectivity index (χ1v) is 5.88. The van der Waals surface area contributed by atoms with Crippen LogP contribution >= 0.6 is 15.9 Å². The Balaban J connectivity index is 2.93. The van der Waals surface area contributed by atoms with Crippen molar-refractivity contribution >= 4 is 27.8 Å². The van der Waals surface area contributed by atoms with Gasteiger partial charge in [-0.2, -0.15) is 0 Å². The molecule has 1 rings (SSSR count). The number of carboxylic acids is 1. The van der Waals surface area contributed by atoms with Gasteiger partial charge < -0.3 is 10.0 Å². The molecule has 0 aromatic carbocycles. The Labute approximate surface area is 108 Å². The summed E-state index contributed by atoms with van der Waals surface area (Å²) in [5.41, 5.74) is 0.411. The number of likely N-dealkylation sites (N-methyl/N-ethyl adjacent to an activating group) is 1. The normalized spacial score (nSPS) is 11.9. The van der Waals surface area contributed by atoms with Gasteiger partial charge in [-0.25, -0.2) is 9.78 Å². The lowest BCUT2D eigenvalue weighted by Gasteiger charge is -2.23. The fourth-order valence-corrected chi connectivity index (χ4v) is 1.86. The summed E-state index contributed by atoms with van der Waals surface area (Å²) in [5.74, 6) is -1.33. The second-order valence-corrected chi connectivity index (χ2v) is 4.36. The third-order valence-corrected chi connectivity index (χ3v) is 2.87. The molecule has 1 heterocycles. The number of carbonyl (C=O) groups is 2. The van der Waals surface area contributed by atoms with E-state index in [4.69, 9.17) is 5.11 Å². The molecule has 1 unspecified atom stereocenters. The van der Waals surface area contributed by atoms with E-state index in [1.54, 1.807) is 19.1 Å². The zero-order valence-electron chi connectivity index (χ0n) is 9.55. The highest BCUT2D eigenvalue weighted by molar-refractivity contribution is 9.10. The first-order chi connectivity index (χ1) is 7.97. The molecule has 92 valence electrons. The van der Waals surface area contributed by atoms with E-state index in [0.717, 1.165) is 0 Å². The molecule has 1 N–H and O–H groups in total. The summed E-state index contributed by atoms with van der Waals surface area (Å²) in [7, 11) is 1.49. The van der Waals surface area contributed by atoms with Gasteiger partial charge in [-0.15, -0.1) is 0 Å². The van der Waals surface area contributed by atoms with Gasteiger partial charge in [0, 0.05) is 18.8 Å². The van der Waals surface area contributed by atoms with Gasteiger partial charge in [0.05, 0.1) is 0 Å². The maximum atomic E-state index is 12.0. The van der Waals surface area contributed by atoms with Crippen LogP contribution in [0.2, 0.25) is 0 Å². The third-order valence-electron chi connectivity index (χ3n) is 2.43. The number of carbonyl (C=O) groups excluding carboxylic acids is 1. The molecule has 0 spiro atoms. The second kappa shape index (κ2) is 5.77. The van der Waals surface area contributed by atoms with E-state index < -0.39 is 12.0 Å². The molecule has 0 aliphatic heterocycles. The topological polar surface area (TPSA) is 70.5 Å². The number of aliphatic carboxylic acids is 1. The summed E-state index contributed by atoms with van der Waals surface area (Å²) in [4.78, 5) is 28.1. The Bertz CT molecular complexity index is 436. The Morgan fingerprint density at radius 3 is 2.71 bits per heavy atom. The van der Waals surface area contributed by atoms with E-state index in [0.29, 0.717) is 16.6 Å². The molecular weight excluding hydrogens is 288 g/mol. The monoisotopic (exact) mass is 300 g/mol. The summed E-state index contributed by atoms with van der Waals surface area (Å²) in [6.07, 6.45) is 1.86. The predicted molar refractivity (Wildman–Crippen MR) is 65.7 cm³/mol. The van der Waals surface area contributed by atoms with Gasteiger partial charge in [-0.1, -0.05) is 6.92 Å². The maximum Gasteiger partial charge on any atom is 0.326 e. The molecule has 5 nitrogen and oxygen atoms in total. The van der Waals surface area contributed by atoms with Crippen molar-refractivity contribution in [2.45, 2.75) is 19.4 Å². The lowest BCUT2D eigenvalue weighted by atomic mass is 10.1. The van der Waals surface area contributed by atoms with Crippen LogP contribution in [0.5, 0.6) is 0 Å². The first-order valence-electron chi connectivity index (χ1n) is 5.09. The number of hydrogen-bond acceptors (Lipinski definition) is 3. The minimum atomic E-state index is -1.00. The van der Waals surface area contributed by atoms with Crippen LogP contribution in [0.15, 0.2) is 22.9 Å². The van der Waals surface area contributed by atoms with Crippen LogP contribution < -0.4 is 0 Å².